The molecule has 0 N–H and O–H groups in total. The predicted octanol–water partition coefficient (Wildman–Crippen LogP) is 4.43. The van der Waals surface area contributed by atoms with Crippen molar-refractivity contribution >= 4 is 17.7 Å². The first-order chi connectivity index (χ1) is 13.1. The van der Waals surface area contributed by atoms with Gasteiger partial charge in [0.15, 0.2) is 5.44 Å². The maximum Gasteiger partial charge on any atom is 0.303 e. The lowest BCUT2D eigenvalue weighted by Crippen LogP contribution is -2.49. The molecule has 4 nitrogen and oxygen atoms in total. The first-order valence-electron chi connectivity index (χ1n) is 9.23. The van der Waals surface area contributed by atoms with Crippen LogP contribution in [0.2, 0.25) is 0 Å². The summed E-state index contributed by atoms with van der Waals surface area (Å²) in [5.74, 6) is 0.867. The van der Waals surface area contributed by atoms with Gasteiger partial charge in [0.25, 0.3) is 0 Å². The molecule has 27 heavy (non-hydrogen) atoms. The molecule has 5 heteroatoms. The molecule has 0 spiro atoms. The Bertz CT molecular complexity index is 707. The molecule has 1 saturated heterocycles. The van der Waals surface area contributed by atoms with E-state index in [4.69, 9.17) is 14.2 Å². The number of rotatable bonds is 7. The van der Waals surface area contributed by atoms with Crippen LogP contribution in [0.15, 0.2) is 60.7 Å². The van der Waals surface area contributed by atoms with Gasteiger partial charge in [-0.3, -0.25) is 4.79 Å². The number of benzene rings is 2. The van der Waals surface area contributed by atoms with Gasteiger partial charge in [0.1, 0.15) is 6.10 Å². The third-order valence-electron chi connectivity index (χ3n) is 4.53. The van der Waals surface area contributed by atoms with Crippen LogP contribution >= 0.6 is 11.8 Å². The van der Waals surface area contributed by atoms with E-state index in [1.165, 1.54) is 6.92 Å². The van der Waals surface area contributed by atoms with E-state index in [-0.39, 0.29) is 23.6 Å². The number of ether oxygens (including phenoxy) is 3. The van der Waals surface area contributed by atoms with Crippen LogP contribution in [-0.4, -0.2) is 29.4 Å². The summed E-state index contributed by atoms with van der Waals surface area (Å²) < 4.78 is 18.0. The van der Waals surface area contributed by atoms with Gasteiger partial charge in [-0.15, -0.1) is 11.8 Å². The second-order valence-corrected chi connectivity index (χ2v) is 7.94. The molecule has 3 rings (SSSR count). The Morgan fingerprint density at radius 1 is 0.926 bits per heavy atom. The molecule has 1 aliphatic heterocycles. The molecule has 2 aromatic carbocycles. The Balaban J connectivity index is 1.71. The molecule has 4 atom stereocenters. The summed E-state index contributed by atoms with van der Waals surface area (Å²) in [4.78, 5) is 11.6. The minimum absolute atomic E-state index is 0.139. The van der Waals surface area contributed by atoms with Crippen LogP contribution in [0.4, 0.5) is 0 Å². The number of carbonyl (C=O) groups is 1. The van der Waals surface area contributed by atoms with Crippen LogP contribution < -0.4 is 0 Å². The van der Waals surface area contributed by atoms with Crippen molar-refractivity contribution in [3.8, 4) is 0 Å². The Morgan fingerprint density at radius 3 is 1.96 bits per heavy atom. The summed E-state index contributed by atoms with van der Waals surface area (Å²) >= 11 is 1.62. The lowest BCUT2D eigenvalue weighted by molar-refractivity contribution is -0.164. The fourth-order valence-corrected chi connectivity index (χ4v) is 4.46. The number of hydrogen-bond acceptors (Lipinski definition) is 5. The normalized spacial score (nSPS) is 25.1. The van der Waals surface area contributed by atoms with Crippen molar-refractivity contribution in [2.75, 3.05) is 5.75 Å². The van der Waals surface area contributed by atoms with E-state index in [1.54, 1.807) is 11.8 Å². The van der Waals surface area contributed by atoms with Crippen molar-refractivity contribution < 1.29 is 19.0 Å². The summed E-state index contributed by atoms with van der Waals surface area (Å²) in [6.45, 7) is 4.57. The van der Waals surface area contributed by atoms with E-state index in [9.17, 15) is 4.79 Å². The van der Waals surface area contributed by atoms with Gasteiger partial charge >= 0.3 is 5.97 Å². The zero-order chi connectivity index (χ0) is 19.1. The molecule has 0 radical (unpaired) electrons. The predicted molar refractivity (Wildman–Crippen MR) is 107 cm³/mol. The van der Waals surface area contributed by atoms with Crippen LogP contribution in [0, 0.1) is 5.92 Å². The molecule has 0 aliphatic carbocycles. The van der Waals surface area contributed by atoms with Crippen molar-refractivity contribution in [2.24, 2.45) is 5.92 Å². The van der Waals surface area contributed by atoms with E-state index in [0.717, 1.165) is 16.9 Å². The second-order valence-electron chi connectivity index (χ2n) is 6.81. The molecular weight excluding hydrogens is 360 g/mol. The Morgan fingerprint density at radius 2 is 1.44 bits per heavy atom. The molecule has 1 aliphatic rings. The Hall–Kier alpha value is -1.82. The quantitative estimate of drug-likeness (QED) is 0.659. The summed E-state index contributed by atoms with van der Waals surface area (Å²) in [7, 11) is 0. The first-order valence-corrected chi connectivity index (χ1v) is 10.3. The van der Waals surface area contributed by atoms with Crippen LogP contribution in [-0.2, 0) is 32.2 Å². The average molecular weight is 387 g/mol. The maximum atomic E-state index is 11.6. The zero-order valence-electron chi connectivity index (χ0n) is 15.7. The van der Waals surface area contributed by atoms with Crippen LogP contribution in [0.5, 0.6) is 0 Å². The third-order valence-corrected chi connectivity index (χ3v) is 5.94. The molecule has 144 valence electrons. The highest BCUT2D eigenvalue weighted by molar-refractivity contribution is 7.99. The fourth-order valence-electron chi connectivity index (χ4n) is 3.15. The monoisotopic (exact) mass is 386 g/mol. The molecule has 1 unspecified atom stereocenters. The van der Waals surface area contributed by atoms with Crippen molar-refractivity contribution in [3.63, 3.8) is 0 Å². The summed E-state index contributed by atoms with van der Waals surface area (Å²) in [6, 6.07) is 20.1. The molecule has 1 fully saturated rings. The van der Waals surface area contributed by atoms with E-state index in [0.29, 0.717) is 19.1 Å². The molecule has 0 amide bonds. The zero-order valence-corrected chi connectivity index (χ0v) is 16.6. The Labute approximate surface area is 165 Å². The van der Waals surface area contributed by atoms with Gasteiger partial charge in [-0.1, -0.05) is 67.6 Å². The van der Waals surface area contributed by atoms with Gasteiger partial charge in [0.05, 0.1) is 19.3 Å². The largest absolute Gasteiger partial charge is 0.449 e. The van der Waals surface area contributed by atoms with Gasteiger partial charge in [0.2, 0.25) is 0 Å². The smallest absolute Gasteiger partial charge is 0.303 e. The SMILES string of the molecule is CC(=O)OC1SC[C@@H](C)[C@H](OCc2ccccc2)[C@H]1OCc1ccccc1. The topological polar surface area (TPSA) is 44.8 Å². The second kappa shape index (κ2) is 9.93. The standard InChI is InChI=1S/C22H26O4S/c1-16-15-27-22(26-17(2)23)21(25-14-19-11-7-4-8-12-19)20(16)24-13-18-9-5-3-6-10-18/h3-12,16,20-22H,13-15H2,1-2H3/t16-,20+,21-,22?/m1/s1. The molecule has 2 aromatic rings. The average Bonchev–Trinajstić information content (AvgIpc) is 2.68. The van der Waals surface area contributed by atoms with Crippen molar-refractivity contribution in [1.82, 2.24) is 0 Å². The minimum atomic E-state index is -0.358. The van der Waals surface area contributed by atoms with Gasteiger partial charge < -0.3 is 14.2 Å². The molecule has 1 heterocycles. The summed E-state index contributed by atoms with van der Waals surface area (Å²) in [5.41, 5.74) is 1.85. The number of esters is 1. The first kappa shape index (κ1) is 19.9. The third kappa shape index (κ3) is 5.83. The highest BCUT2D eigenvalue weighted by atomic mass is 32.2. The fraction of sp³-hybridized carbons (Fsp3) is 0.409. The van der Waals surface area contributed by atoms with E-state index < -0.39 is 0 Å². The van der Waals surface area contributed by atoms with Crippen LogP contribution in [0.25, 0.3) is 0 Å². The van der Waals surface area contributed by atoms with Gasteiger partial charge in [-0.25, -0.2) is 0 Å². The molecule has 0 aromatic heterocycles. The van der Waals surface area contributed by atoms with Gasteiger partial charge in [0, 0.05) is 12.7 Å². The summed E-state index contributed by atoms with van der Waals surface area (Å²) in [5, 5.41) is 0. The lowest BCUT2D eigenvalue weighted by Gasteiger charge is -2.40. The highest BCUT2D eigenvalue weighted by Gasteiger charge is 2.41. The van der Waals surface area contributed by atoms with Gasteiger partial charge in [-0.05, 0) is 17.0 Å². The summed E-state index contributed by atoms with van der Waals surface area (Å²) in [6.07, 6.45) is -0.453. The minimum Gasteiger partial charge on any atom is -0.449 e. The van der Waals surface area contributed by atoms with Crippen molar-refractivity contribution in [3.05, 3.63) is 71.8 Å². The molecular formula is C22H26O4S. The number of hydrogen-bond donors (Lipinski definition) is 0. The number of carbonyl (C=O) groups excluding carboxylic acids is 1. The molecule has 0 bridgehead atoms. The maximum absolute atomic E-state index is 11.6. The van der Waals surface area contributed by atoms with Gasteiger partial charge in [-0.2, -0.15) is 0 Å². The van der Waals surface area contributed by atoms with Crippen molar-refractivity contribution in [2.45, 2.75) is 44.7 Å². The van der Waals surface area contributed by atoms with Crippen LogP contribution in [0.3, 0.4) is 0 Å². The van der Waals surface area contributed by atoms with E-state index in [2.05, 4.69) is 6.92 Å². The van der Waals surface area contributed by atoms with E-state index >= 15 is 0 Å². The number of thioether (sulfide) groups is 1. The van der Waals surface area contributed by atoms with E-state index in [1.807, 2.05) is 60.7 Å². The lowest BCUT2D eigenvalue weighted by atomic mass is 10.0. The Kier molecular flexibility index (Phi) is 7.33. The highest BCUT2D eigenvalue weighted by Crippen LogP contribution is 2.35. The molecule has 0 saturated carbocycles. The van der Waals surface area contributed by atoms with Crippen LogP contribution in [0.1, 0.15) is 25.0 Å². The van der Waals surface area contributed by atoms with Crippen molar-refractivity contribution in [1.29, 1.82) is 0 Å².